The molecule has 29 heavy (non-hydrogen) atoms. The van der Waals surface area contributed by atoms with Crippen molar-refractivity contribution in [1.29, 1.82) is 0 Å². The molecule has 2 amide bonds. The molecule has 0 spiro atoms. The van der Waals surface area contributed by atoms with Crippen LogP contribution in [0, 0.1) is 0 Å². The van der Waals surface area contributed by atoms with Gasteiger partial charge in [0.15, 0.2) is 0 Å². The third kappa shape index (κ3) is 4.27. The van der Waals surface area contributed by atoms with Crippen molar-refractivity contribution in [2.24, 2.45) is 0 Å². The van der Waals surface area contributed by atoms with E-state index in [2.05, 4.69) is 0 Å². The van der Waals surface area contributed by atoms with Gasteiger partial charge >= 0.3 is 0 Å². The van der Waals surface area contributed by atoms with E-state index in [9.17, 15) is 9.59 Å². The van der Waals surface area contributed by atoms with Gasteiger partial charge in [-0.15, -0.1) is 0 Å². The van der Waals surface area contributed by atoms with Crippen LogP contribution in [0.3, 0.4) is 0 Å². The largest absolute Gasteiger partial charge is 0.489 e. The Morgan fingerprint density at radius 2 is 1.62 bits per heavy atom. The number of likely N-dealkylation sites (tertiary alicyclic amines) is 1. The summed E-state index contributed by atoms with van der Waals surface area (Å²) in [4.78, 5) is 31.3. The normalized spacial score (nSPS) is 18.5. The summed E-state index contributed by atoms with van der Waals surface area (Å²) >= 11 is 0. The van der Waals surface area contributed by atoms with E-state index in [4.69, 9.17) is 4.74 Å². The van der Waals surface area contributed by atoms with Crippen LogP contribution in [0.2, 0.25) is 0 Å². The number of hydrogen-bond acceptors (Lipinski definition) is 4. The van der Waals surface area contributed by atoms with Gasteiger partial charge in [-0.2, -0.15) is 0 Å². The zero-order valence-corrected chi connectivity index (χ0v) is 16.8. The number of ether oxygens (including phenoxy) is 1. The molecule has 1 saturated heterocycles. The van der Waals surface area contributed by atoms with E-state index < -0.39 is 0 Å². The SMILES string of the molecule is CN(CC(=O)N1CCCC1)CC(=O)N1c2ccccc2OC[C@@H]1c1ccccc1. The van der Waals surface area contributed by atoms with E-state index in [0.717, 1.165) is 37.2 Å². The zero-order chi connectivity index (χ0) is 20.2. The van der Waals surface area contributed by atoms with Crippen LogP contribution in [0.5, 0.6) is 5.75 Å². The molecule has 4 rings (SSSR count). The smallest absolute Gasteiger partial charge is 0.241 e. The number of likely N-dealkylation sites (N-methyl/N-ethyl adjacent to an activating group) is 1. The van der Waals surface area contributed by atoms with Gasteiger partial charge in [0, 0.05) is 13.1 Å². The van der Waals surface area contributed by atoms with Gasteiger partial charge in [0.1, 0.15) is 12.4 Å². The van der Waals surface area contributed by atoms with Gasteiger partial charge in [-0.3, -0.25) is 19.4 Å². The third-order valence-electron chi connectivity index (χ3n) is 5.56. The molecule has 0 aromatic heterocycles. The van der Waals surface area contributed by atoms with Crippen molar-refractivity contribution in [1.82, 2.24) is 9.80 Å². The summed E-state index contributed by atoms with van der Waals surface area (Å²) in [6.45, 7) is 2.50. The molecule has 152 valence electrons. The van der Waals surface area contributed by atoms with E-state index in [1.165, 1.54) is 0 Å². The molecule has 6 nitrogen and oxygen atoms in total. The van der Waals surface area contributed by atoms with Crippen molar-refractivity contribution >= 4 is 17.5 Å². The van der Waals surface area contributed by atoms with Crippen molar-refractivity contribution in [3.05, 3.63) is 60.2 Å². The van der Waals surface area contributed by atoms with Crippen LogP contribution in [0.4, 0.5) is 5.69 Å². The number of benzene rings is 2. The molecule has 2 aromatic carbocycles. The lowest BCUT2D eigenvalue weighted by molar-refractivity contribution is -0.131. The summed E-state index contributed by atoms with van der Waals surface area (Å²) in [6, 6.07) is 17.4. The lowest BCUT2D eigenvalue weighted by Crippen LogP contribution is -2.47. The predicted molar refractivity (Wildman–Crippen MR) is 112 cm³/mol. The number of carbonyl (C=O) groups excluding carboxylic acids is 2. The highest BCUT2D eigenvalue weighted by Gasteiger charge is 2.33. The minimum absolute atomic E-state index is 0.0358. The molecule has 0 unspecified atom stereocenters. The summed E-state index contributed by atoms with van der Waals surface area (Å²) in [5.74, 6) is 0.773. The highest BCUT2D eigenvalue weighted by molar-refractivity contribution is 5.97. The Hall–Kier alpha value is -2.86. The first-order valence-electron chi connectivity index (χ1n) is 10.2. The Balaban J connectivity index is 1.52. The first-order chi connectivity index (χ1) is 14.1. The standard InChI is InChI=1S/C23H27N3O3/c1-24(15-22(27)25-13-7-8-14-25)16-23(28)26-19-11-5-6-12-21(19)29-17-20(26)18-9-3-2-4-10-18/h2-6,9-12,20H,7-8,13-17H2,1H3/t20-/m1/s1. The molecule has 0 radical (unpaired) electrons. The number of amides is 2. The van der Waals surface area contributed by atoms with Crippen LogP contribution in [0.15, 0.2) is 54.6 Å². The van der Waals surface area contributed by atoms with Gasteiger partial charge in [-0.05, 0) is 37.6 Å². The van der Waals surface area contributed by atoms with E-state index in [1.54, 1.807) is 0 Å². The van der Waals surface area contributed by atoms with Gasteiger partial charge in [0.05, 0.1) is 24.8 Å². The van der Waals surface area contributed by atoms with Gasteiger partial charge in [-0.1, -0.05) is 42.5 Å². The minimum Gasteiger partial charge on any atom is -0.489 e. The van der Waals surface area contributed by atoms with E-state index in [1.807, 2.05) is 76.3 Å². The van der Waals surface area contributed by atoms with Crippen LogP contribution < -0.4 is 9.64 Å². The maximum absolute atomic E-state index is 13.4. The Bertz CT molecular complexity index is 865. The topological polar surface area (TPSA) is 53.1 Å². The number of para-hydroxylation sites is 2. The molecule has 0 bridgehead atoms. The molecule has 2 aliphatic rings. The van der Waals surface area contributed by atoms with Crippen LogP contribution in [0.1, 0.15) is 24.4 Å². The van der Waals surface area contributed by atoms with Gasteiger partial charge < -0.3 is 9.64 Å². The average Bonchev–Trinajstić information content (AvgIpc) is 3.28. The molecular formula is C23H27N3O3. The summed E-state index contributed by atoms with van der Waals surface area (Å²) in [7, 11) is 1.83. The van der Waals surface area contributed by atoms with E-state index in [-0.39, 0.29) is 30.9 Å². The Morgan fingerprint density at radius 1 is 0.966 bits per heavy atom. The second-order valence-corrected chi connectivity index (χ2v) is 7.73. The molecular weight excluding hydrogens is 366 g/mol. The van der Waals surface area contributed by atoms with Crippen LogP contribution in [-0.4, -0.2) is 61.4 Å². The molecule has 2 aliphatic heterocycles. The number of fused-ring (bicyclic) bond motifs is 1. The molecule has 6 heteroatoms. The molecule has 0 saturated carbocycles. The van der Waals surface area contributed by atoms with E-state index >= 15 is 0 Å². The van der Waals surface area contributed by atoms with Crippen molar-refractivity contribution in [3.63, 3.8) is 0 Å². The summed E-state index contributed by atoms with van der Waals surface area (Å²) in [5.41, 5.74) is 1.81. The number of rotatable bonds is 5. The lowest BCUT2D eigenvalue weighted by atomic mass is 10.0. The molecule has 1 fully saturated rings. The summed E-state index contributed by atoms with van der Waals surface area (Å²) < 4.78 is 5.94. The maximum atomic E-state index is 13.4. The minimum atomic E-state index is -0.193. The third-order valence-corrected chi connectivity index (χ3v) is 5.56. The Morgan fingerprint density at radius 3 is 2.38 bits per heavy atom. The second-order valence-electron chi connectivity index (χ2n) is 7.73. The molecule has 1 atom stereocenters. The zero-order valence-electron chi connectivity index (χ0n) is 16.8. The Labute approximate surface area is 171 Å². The fourth-order valence-corrected chi connectivity index (χ4v) is 4.08. The maximum Gasteiger partial charge on any atom is 0.241 e. The highest BCUT2D eigenvalue weighted by Crippen LogP contribution is 2.39. The summed E-state index contributed by atoms with van der Waals surface area (Å²) in [6.07, 6.45) is 2.13. The van der Waals surface area contributed by atoms with Crippen molar-refractivity contribution in [2.75, 3.05) is 44.7 Å². The molecule has 0 N–H and O–H groups in total. The molecule has 2 heterocycles. The molecule has 0 aliphatic carbocycles. The number of anilines is 1. The van der Waals surface area contributed by atoms with Gasteiger partial charge in [-0.25, -0.2) is 0 Å². The van der Waals surface area contributed by atoms with Gasteiger partial charge in [0.25, 0.3) is 0 Å². The van der Waals surface area contributed by atoms with Crippen LogP contribution in [0.25, 0.3) is 0 Å². The van der Waals surface area contributed by atoms with Crippen LogP contribution >= 0.6 is 0 Å². The summed E-state index contributed by atoms with van der Waals surface area (Å²) in [5, 5.41) is 0. The highest BCUT2D eigenvalue weighted by atomic mass is 16.5. The fraction of sp³-hybridized carbons (Fsp3) is 0.391. The predicted octanol–water partition coefficient (Wildman–Crippen LogP) is 2.71. The Kier molecular flexibility index (Phi) is 5.81. The van der Waals surface area contributed by atoms with Crippen molar-refractivity contribution in [3.8, 4) is 5.75 Å². The first-order valence-corrected chi connectivity index (χ1v) is 10.2. The fourth-order valence-electron chi connectivity index (χ4n) is 4.08. The van der Waals surface area contributed by atoms with Crippen molar-refractivity contribution in [2.45, 2.75) is 18.9 Å². The van der Waals surface area contributed by atoms with E-state index in [0.29, 0.717) is 12.4 Å². The van der Waals surface area contributed by atoms with Crippen LogP contribution in [-0.2, 0) is 9.59 Å². The molecule has 2 aromatic rings. The lowest BCUT2D eigenvalue weighted by Gasteiger charge is -2.38. The number of hydrogen-bond donors (Lipinski definition) is 0. The average molecular weight is 393 g/mol. The number of nitrogens with zero attached hydrogens (tertiary/aromatic N) is 3. The van der Waals surface area contributed by atoms with Crippen molar-refractivity contribution < 1.29 is 14.3 Å². The first kappa shape index (κ1) is 19.5. The monoisotopic (exact) mass is 393 g/mol. The van der Waals surface area contributed by atoms with Gasteiger partial charge in [0.2, 0.25) is 11.8 Å². The quantitative estimate of drug-likeness (QED) is 0.784. The number of carbonyl (C=O) groups is 2. The second kappa shape index (κ2) is 8.66.